The average molecular weight is 395 g/mol. The number of hydrogen-bond donors (Lipinski definition) is 2. The van der Waals surface area contributed by atoms with Crippen molar-refractivity contribution in [3.63, 3.8) is 0 Å². The predicted octanol–water partition coefficient (Wildman–Crippen LogP) is 3.65. The van der Waals surface area contributed by atoms with Crippen LogP contribution in [-0.2, 0) is 4.79 Å². The minimum absolute atomic E-state index is 0.0784. The third kappa shape index (κ3) is 4.68. The number of nitrogens with zero attached hydrogens (tertiary/aromatic N) is 1. The van der Waals surface area contributed by atoms with Gasteiger partial charge in [0.05, 0.1) is 0 Å². The molecule has 3 rings (SSSR count). The van der Waals surface area contributed by atoms with Gasteiger partial charge in [0.2, 0.25) is 5.91 Å². The van der Waals surface area contributed by atoms with Gasteiger partial charge in [-0.15, -0.1) is 0 Å². The smallest absolute Gasteiger partial charge is 0.287 e. The number of likely N-dealkylation sites (N-methyl/N-ethyl adjacent to an activating group) is 1. The van der Waals surface area contributed by atoms with Crippen LogP contribution in [0.1, 0.15) is 24.4 Å². The molecule has 0 saturated heterocycles. The van der Waals surface area contributed by atoms with Crippen LogP contribution < -0.4 is 10.6 Å². The van der Waals surface area contributed by atoms with Gasteiger partial charge in [-0.1, -0.05) is 32.0 Å². The number of benzene rings is 1. The van der Waals surface area contributed by atoms with Crippen molar-refractivity contribution in [2.24, 2.45) is 5.92 Å². The third-order valence-electron chi connectivity index (χ3n) is 4.49. The molecule has 0 aliphatic rings. The topological polar surface area (TPSA) is 84.2 Å². The number of aromatic nitrogens is 1. The fourth-order valence-corrected chi connectivity index (χ4v) is 2.88. The van der Waals surface area contributed by atoms with Crippen LogP contribution in [0.15, 0.2) is 59.1 Å². The second-order valence-corrected chi connectivity index (χ2v) is 6.92. The number of nitrogens with one attached hydrogen (secondary N) is 2. The van der Waals surface area contributed by atoms with E-state index < -0.39 is 11.9 Å². The van der Waals surface area contributed by atoms with Crippen LogP contribution in [0.4, 0.5) is 4.39 Å². The van der Waals surface area contributed by atoms with E-state index in [1.54, 1.807) is 36.5 Å². The second kappa shape index (κ2) is 8.68. The van der Waals surface area contributed by atoms with E-state index in [4.69, 9.17) is 4.42 Å². The lowest BCUT2D eigenvalue weighted by molar-refractivity contribution is -0.123. The molecule has 2 aromatic heterocycles. The summed E-state index contributed by atoms with van der Waals surface area (Å²) in [4.78, 5) is 28.7. The van der Waals surface area contributed by atoms with E-state index in [2.05, 4.69) is 15.6 Å². The molecule has 0 saturated carbocycles. The Morgan fingerprint density at radius 3 is 2.48 bits per heavy atom. The number of rotatable bonds is 6. The normalized spacial score (nSPS) is 11.9. The van der Waals surface area contributed by atoms with Crippen LogP contribution in [0.5, 0.6) is 0 Å². The first kappa shape index (κ1) is 20.3. The number of carbonyl (C=O) groups is 2. The van der Waals surface area contributed by atoms with E-state index in [0.717, 1.165) is 11.1 Å². The number of furan rings is 1. The predicted molar refractivity (Wildman–Crippen MR) is 107 cm³/mol. The van der Waals surface area contributed by atoms with Crippen molar-refractivity contribution in [2.75, 3.05) is 7.05 Å². The molecule has 1 aromatic carbocycles. The minimum atomic E-state index is -0.662. The van der Waals surface area contributed by atoms with Crippen molar-refractivity contribution in [2.45, 2.75) is 19.9 Å². The van der Waals surface area contributed by atoms with E-state index in [9.17, 15) is 14.0 Å². The standard InChI is InChI=1S/C22H22FN3O3/c1-13(2)20(22(28)24-3)26-21(27)19-10-9-18(29-19)17-8-7-15(12-25-17)14-5-4-6-16(23)11-14/h4-13,20H,1-3H3,(H,24,28)(H,26,27). The maximum atomic E-state index is 13.4. The van der Waals surface area contributed by atoms with Crippen LogP contribution in [0, 0.1) is 11.7 Å². The zero-order valence-corrected chi connectivity index (χ0v) is 16.4. The van der Waals surface area contributed by atoms with Crippen molar-refractivity contribution in [1.82, 2.24) is 15.6 Å². The van der Waals surface area contributed by atoms with E-state index in [1.165, 1.54) is 25.2 Å². The molecular formula is C22H22FN3O3. The van der Waals surface area contributed by atoms with Crippen molar-refractivity contribution in [1.29, 1.82) is 0 Å². The molecule has 2 heterocycles. The fraction of sp³-hybridized carbons (Fsp3) is 0.227. The Morgan fingerprint density at radius 2 is 1.86 bits per heavy atom. The van der Waals surface area contributed by atoms with Gasteiger partial charge in [0.1, 0.15) is 17.6 Å². The molecule has 1 atom stereocenters. The van der Waals surface area contributed by atoms with Crippen LogP contribution in [0.25, 0.3) is 22.6 Å². The molecule has 6 nitrogen and oxygen atoms in total. The summed E-state index contributed by atoms with van der Waals surface area (Å²) in [6.45, 7) is 3.69. The summed E-state index contributed by atoms with van der Waals surface area (Å²) >= 11 is 0. The van der Waals surface area contributed by atoms with Crippen LogP contribution in [0.2, 0.25) is 0 Å². The Bertz CT molecular complexity index is 1010. The van der Waals surface area contributed by atoms with Crippen molar-refractivity contribution in [3.8, 4) is 22.6 Å². The summed E-state index contributed by atoms with van der Waals surface area (Å²) in [7, 11) is 1.52. The molecule has 0 bridgehead atoms. The summed E-state index contributed by atoms with van der Waals surface area (Å²) < 4.78 is 19.0. The highest BCUT2D eigenvalue weighted by Gasteiger charge is 2.25. The minimum Gasteiger partial charge on any atom is -0.449 e. The van der Waals surface area contributed by atoms with Crippen LogP contribution >= 0.6 is 0 Å². The Labute approximate surface area is 168 Å². The van der Waals surface area contributed by atoms with E-state index in [1.807, 2.05) is 13.8 Å². The highest BCUT2D eigenvalue weighted by molar-refractivity contribution is 5.96. The van der Waals surface area contributed by atoms with Gasteiger partial charge in [-0.25, -0.2) is 4.39 Å². The molecule has 2 amide bonds. The van der Waals surface area contributed by atoms with Gasteiger partial charge in [0.25, 0.3) is 5.91 Å². The van der Waals surface area contributed by atoms with Crippen molar-refractivity contribution >= 4 is 11.8 Å². The molecule has 7 heteroatoms. The monoisotopic (exact) mass is 395 g/mol. The number of pyridine rings is 1. The molecule has 1 unspecified atom stereocenters. The molecule has 3 aromatic rings. The molecule has 0 aliphatic carbocycles. The molecule has 0 fully saturated rings. The summed E-state index contributed by atoms with van der Waals surface area (Å²) in [5.41, 5.74) is 2.02. The highest BCUT2D eigenvalue weighted by atomic mass is 19.1. The molecule has 150 valence electrons. The largest absolute Gasteiger partial charge is 0.449 e. The Morgan fingerprint density at radius 1 is 1.07 bits per heavy atom. The molecule has 0 spiro atoms. The number of hydrogen-bond acceptors (Lipinski definition) is 4. The zero-order valence-electron chi connectivity index (χ0n) is 16.4. The van der Waals surface area contributed by atoms with Crippen molar-refractivity contribution < 1.29 is 18.4 Å². The van der Waals surface area contributed by atoms with Gasteiger partial charge in [0, 0.05) is 18.8 Å². The van der Waals surface area contributed by atoms with E-state index >= 15 is 0 Å². The summed E-state index contributed by atoms with van der Waals surface area (Å²) in [6, 6.07) is 12.3. The molecule has 2 N–H and O–H groups in total. The van der Waals surface area contributed by atoms with Crippen LogP contribution in [-0.4, -0.2) is 29.9 Å². The number of amides is 2. The number of carbonyl (C=O) groups excluding carboxylic acids is 2. The van der Waals surface area contributed by atoms with Crippen LogP contribution in [0.3, 0.4) is 0 Å². The van der Waals surface area contributed by atoms with Gasteiger partial charge in [-0.2, -0.15) is 0 Å². The Hall–Kier alpha value is -3.48. The van der Waals surface area contributed by atoms with Crippen molar-refractivity contribution in [3.05, 3.63) is 66.3 Å². The lowest BCUT2D eigenvalue weighted by Gasteiger charge is -2.19. The maximum Gasteiger partial charge on any atom is 0.287 e. The van der Waals surface area contributed by atoms with Gasteiger partial charge in [-0.05, 0) is 41.8 Å². The highest BCUT2D eigenvalue weighted by Crippen LogP contribution is 2.24. The maximum absolute atomic E-state index is 13.4. The van der Waals surface area contributed by atoms with E-state index in [-0.39, 0.29) is 23.4 Å². The third-order valence-corrected chi connectivity index (χ3v) is 4.49. The first-order chi connectivity index (χ1) is 13.9. The lowest BCUT2D eigenvalue weighted by atomic mass is 10.0. The summed E-state index contributed by atoms with van der Waals surface area (Å²) in [5, 5.41) is 5.22. The first-order valence-electron chi connectivity index (χ1n) is 9.23. The lowest BCUT2D eigenvalue weighted by Crippen LogP contribution is -2.48. The van der Waals surface area contributed by atoms with E-state index in [0.29, 0.717) is 11.5 Å². The summed E-state index contributed by atoms with van der Waals surface area (Å²) in [6.07, 6.45) is 1.62. The molecule has 0 aliphatic heterocycles. The Kier molecular flexibility index (Phi) is 6.07. The fourth-order valence-electron chi connectivity index (χ4n) is 2.88. The second-order valence-electron chi connectivity index (χ2n) is 6.92. The van der Waals surface area contributed by atoms with Gasteiger partial charge in [0.15, 0.2) is 11.5 Å². The zero-order chi connectivity index (χ0) is 21.0. The van der Waals surface area contributed by atoms with Gasteiger partial charge < -0.3 is 15.1 Å². The SMILES string of the molecule is CNC(=O)C(NC(=O)c1ccc(-c2ccc(-c3cccc(F)c3)cn2)o1)C(C)C. The number of halogens is 1. The molecule has 0 radical (unpaired) electrons. The van der Waals surface area contributed by atoms with Gasteiger partial charge in [-0.3, -0.25) is 14.6 Å². The quantitative estimate of drug-likeness (QED) is 0.667. The molecule has 29 heavy (non-hydrogen) atoms. The Balaban J connectivity index is 1.75. The summed E-state index contributed by atoms with van der Waals surface area (Å²) in [5.74, 6) is -0.632. The van der Waals surface area contributed by atoms with Gasteiger partial charge >= 0.3 is 0 Å². The average Bonchev–Trinajstić information content (AvgIpc) is 3.21. The molecular weight excluding hydrogens is 373 g/mol. The first-order valence-corrected chi connectivity index (χ1v) is 9.23.